The lowest BCUT2D eigenvalue weighted by Gasteiger charge is -2.22. The first-order chi connectivity index (χ1) is 13.9. The Morgan fingerprint density at radius 1 is 1.24 bits per heavy atom. The van der Waals surface area contributed by atoms with Gasteiger partial charge >= 0.3 is 0 Å². The van der Waals surface area contributed by atoms with Crippen LogP contribution in [0.25, 0.3) is 0 Å². The van der Waals surface area contributed by atoms with Crippen molar-refractivity contribution in [3.05, 3.63) is 40.7 Å². The highest BCUT2D eigenvalue weighted by Gasteiger charge is 2.33. The number of primary amides is 1. The van der Waals surface area contributed by atoms with E-state index in [1.54, 1.807) is 35.9 Å². The molecule has 3 rings (SSSR count). The van der Waals surface area contributed by atoms with Crippen LogP contribution in [0, 0.1) is 0 Å². The number of carbonyl (C=O) groups is 3. The first-order valence-corrected chi connectivity index (χ1v) is 10.6. The normalized spacial score (nSPS) is 17.2. The topological polar surface area (TPSA) is 111 Å². The van der Waals surface area contributed by atoms with Crippen LogP contribution in [0.15, 0.2) is 29.4 Å². The molecule has 2 N–H and O–H groups in total. The highest BCUT2D eigenvalue weighted by atomic mass is 35.5. The Balaban J connectivity index is 1.74. The van der Waals surface area contributed by atoms with E-state index in [0.29, 0.717) is 41.0 Å². The molecule has 8 nitrogen and oxygen atoms in total. The van der Waals surface area contributed by atoms with Gasteiger partial charge < -0.3 is 10.3 Å². The molecule has 3 amide bonds. The summed E-state index contributed by atoms with van der Waals surface area (Å²) in [6, 6.07) is 6.52. The molecule has 1 aliphatic rings. The molecule has 1 aromatic heterocycles. The Morgan fingerprint density at radius 2 is 1.97 bits per heavy atom. The van der Waals surface area contributed by atoms with E-state index in [4.69, 9.17) is 17.3 Å². The van der Waals surface area contributed by atoms with Gasteiger partial charge in [0.2, 0.25) is 11.8 Å². The monoisotopic (exact) mass is 435 g/mol. The molecule has 0 saturated carbocycles. The van der Waals surface area contributed by atoms with Crippen LogP contribution in [-0.2, 0) is 23.1 Å². The molecule has 2 aromatic rings. The van der Waals surface area contributed by atoms with Crippen molar-refractivity contribution in [1.82, 2.24) is 19.7 Å². The van der Waals surface area contributed by atoms with Crippen molar-refractivity contribution >= 4 is 41.1 Å². The molecule has 0 radical (unpaired) electrons. The van der Waals surface area contributed by atoms with Gasteiger partial charge in [-0.15, -0.1) is 10.2 Å². The Morgan fingerprint density at radius 3 is 2.66 bits per heavy atom. The maximum atomic E-state index is 13.1. The first-order valence-electron chi connectivity index (χ1n) is 9.31. The van der Waals surface area contributed by atoms with Crippen LogP contribution in [0.5, 0.6) is 0 Å². The number of thioether (sulfide) groups is 1. The molecule has 1 fully saturated rings. The van der Waals surface area contributed by atoms with E-state index in [0.717, 1.165) is 12.8 Å². The molecule has 0 aliphatic carbocycles. The van der Waals surface area contributed by atoms with E-state index in [1.165, 1.54) is 16.7 Å². The van der Waals surface area contributed by atoms with Gasteiger partial charge in [0.15, 0.2) is 5.16 Å². The molecule has 154 valence electrons. The van der Waals surface area contributed by atoms with Crippen LogP contribution in [0.1, 0.15) is 41.9 Å². The van der Waals surface area contributed by atoms with Crippen molar-refractivity contribution < 1.29 is 14.4 Å². The van der Waals surface area contributed by atoms with Gasteiger partial charge in [-0.25, -0.2) is 0 Å². The zero-order chi connectivity index (χ0) is 21.0. The summed E-state index contributed by atoms with van der Waals surface area (Å²) in [7, 11) is 1.79. The Kier molecular flexibility index (Phi) is 6.92. The highest BCUT2D eigenvalue weighted by molar-refractivity contribution is 8.00. The van der Waals surface area contributed by atoms with Crippen molar-refractivity contribution in [3.8, 4) is 0 Å². The molecule has 2 heterocycles. The summed E-state index contributed by atoms with van der Waals surface area (Å²) in [6.45, 7) is 0.389. The minimum Gasteiger partial charge on any atom is -0.370 e. The zero-order valence-corrected chi connectivity index (χ0v) is 17.6. The summed E-state index contributed by atoms with van der Waals surface area (Å²) in [5, 5.41) is 8.91. The van der Waals surface area contributed by atoms with Gasteiger partial charge in [0, 0.05) is 37.0 Å². The van der Waals surface area contributed by atoms with E-state index in [-0.39, 0.29) is 18.2 Å². The zero-order valence-electron chi connectivity index (χ0n) is 16.0. The number of benzene rings is 1. The van der Waals surface area contributed by atoms with Crippen molar-refractivity contribution in [3.63, 3.8) is 0 Å². The van der Waals surface area contributed by atoms with Crippen LogP contribution < -0.4 is 5.73 Å². The second-order valence-electron chi connectivity index (χ2n) is 6.83. The third kappa shape index (κ3) is 5.16. The Labute approximate surface area is 177 Å². The van der Waals surface area contributed by atoms with Crippen molar-refractivity contribution in [1.29, 1.82) is 0 Å². The van der Waals surface area contributed by atoms with Gasteiger partial charge in [-0.3, -0.25) is 19.3 Å². The van der Waals surface area contributed by atoms with Gasteiger partial charge in [-0.05, 0) is 37.1 Å². The van der Waals surface area contributed by atoms with Crippen molar-refractivity contribution in [2.24, 2.45) is 12.8 Å². The standard InChI is InChI=1S/C19H22ClN5O3S/c1-24-16(10-9-15(21)26)22-23-19(24)29-14-4-2-3-11-25(18(14)28)17(27)12-5-7-13(20)8-6-12/h5-8,14H,2-4,9-11H2,1H3,(H2,21,26)/t14-/m0/s1. The predicted octanol–water partition coefficient (Wildman–Crippen LogP) is 2.20. The van der Waals surface area contributed by atoms with E-state index in [2.05, 4.69) is 10.2 Å². The third-order valence-corrected chi connectivity index (χ3v) is 6.28. The molecule has 0 bridgehead atoms. The SMILES string of the molecule is Cn1c(CCC(N)=O)nnc1S[C@H]1CCCCN(C(=O)c2ccc(Cl)cc2)C1=O. The molecule has 10 heteroatoms. The summed E-state index contributed by atoms with van der Waals surface area (Å²) in [5.74, 6) is -0.326. The maximum Gasteiger partial charge on any atom is 0.260 e. The Hall–Kier alpha value is -2.39. The smallest absolute Gasteiger partial charge is 0.260 e. The molecular weight excluding hydrogens is 414 g/mol. The third-order valence-electron chi connectivity index (χ3n) is 4.74. The number of rotatable bonds is 6. The number of imide groups is 1. The van der Waals surface area contributed by atoms with Crippen LogP contribution in [0.3, 0.4) is 0 Å². The molecule has 29 heavy (non-hydrogen) atoms. The molecule has 1 atom stereocenters. The summed E-state index contributed by atoms with van der Waals surface area (Å²) in [5.41, 5.74) is 5.62. The lowest BCUT2D eigenvalue weighted by molar-refractivity contribution is -0.127. The van der Waals surface area contributed by atoms with Crippen molar-refractivity contribution in [2.75, 3.05) is 6.54 Å². The number of aryl methyl sites for hydroxylation is 1. The quantitative estimate of drug-likeness (QED) is 0.696. The number of carbonyl (C=O) groups excluding carboxylic acids is 3. The van der Waals surface area contributed by atoms with Crippen LogP contribution >= 0.6 is 23.4 Å². The summed E-state index contributed by atoms with van der Waals surface area (Å²) in [6.07, 6.45) is 2.81. The van der Waals surface area contributed by atoms with Crippen LogP contribution in [0.4, 0.5) is 0 Å². The molecule has 1 saturated heterocycles. The summed E-state index contributed by atoms with van der Waals surface area (Å²) >= 11 is 7.19. The van der Waals surface area contributed by atoms with E-state index < -0.39 is 11.2 Å². The summed E-state index contributed by atoms with van der Waals surface area (Å²) in [4.78, 5) is 38.3. The minimum atomic E-state index is -0.430. The largest absolute Gasteiger partial charge is 0.370 e. The fourth-order valence-corrected chi connectivity index (χ4v) is 4.34. The fraction of sp³-hybridized carbons (Fsp3) is 0.421. The van der Waals surface area contributed by atoms with E-state index >= 15 is 0 Å². The lowest BCUT2D eigenvalue weighted by atomic mass is 10.2. The second-order valence-corrected chi connectivity index (χ2v) is 8.43. The van der Waals surface area contributed by atoms with E-state index in [1.807, 2.05) is 0 Å². The average Bonchev–Trinajstić information content (AvgIpc) is 2.93. The number of likely N-dealkylation sites (tertiary alicyclic amines) is 1. The molecule has 1 aliphatic heterocycles. The lowest BCUT2D eigenvalue weighted by Crippen LogP contribution is -2.41. The van der Waals surface area contributed by atoms with E-state index in [9.17, 15) is 14.4 Å². The number of amides is 3. The maximum absolute atomic E-state index is 13.1. The molecule has 0 unspecified atom stereocenters. The van der Waals surface area contributed by atoms with Gasteiger partial charge in [-0.2, -0.15) is 0 Å². The van der Waals surface area contributed by atoms with Gasteiger partial charge in [0.1, 0.15) is 5.82 Å². The minimum absolute atomic E-state index is 0.183. The van der Waals surface area contributed by atoms with Crippen molar-refractivity contribution in [2.45, 2.75) is 42.5 Å². The van der Waals surface area contributed by atoms with Crippen LogP contribution in [0.2, 0.25) is 5.02 Å². The summed E-state index contributed by atoms with van der Waals surface area (Å²) < 4.78 is 1.76. The number of hydrogen-bond acceptors (Lipinski definition) is 6. The number of nitrogens with two attached hydrogens (primary N) is 1. The molecule has 1 aromatic carbocycles. The number of nitrogens with zero attached hydrogens (tertiary/aromatic N) is 4. The number of halogens is 1. The first kappa shape index (κ1) is 21.3. The van der Waals surface area contributed by atoms with Gasteiger partial charge in [0.25, 0.3) is 5.91 Å². The fourth-order valence-electron chi connectivity index (χ4n) is 3.09. The molecule has 0 spiro atoms. The van der Waals surface area contributed by atoms with Gasteiger partial charge in [-0.1, -0.05) is 29.8 Å². The predicted molar refractivity (Wildman–Crippen MR) is 110 cm³/mol. The Bertz CT molecular complexity index is 915. The van der Waals surface area contributed by atoms with Crippen LogP contribution in [-0.4, -0.2) is 49.2 Å². The average molecular weight is 436 g/mol. The molecular formula is C19H22ClN5O3S. The van der Waals surface area contributed by atoms with Gasteiger partial charge in [0.05, 0.1) is 5.25 Å². The number of aromatic nitrogens is 3. The highest BCUT2D eigenvalue weighted by Crippen LogP contribution is 2.30. The number of hydrogen-bond donors (Lipinski definition) is 1. The second kappa shape index (κ2) is 9.41.